The minimum absolute atomic E-state index is 0.0550. The zero-order chi connectivity index (χ0) is 27.0. The van der Waals surface area contributed by atoms with Crippen molar-refractivity contribution in [3.63, 3.8) is 0 Å². The van der Waals surface area contributed by atoms with Crippen LogP contribution in [-0.2, 0) is 12.7 Å². The van der Waals surface area contributed by atoms with E-state index >= 15 is 0 Å². The second kappa shape index (κ2) is 9.89. The number of rotatable bonds is 6. The lowest BCUT2D eigenvalue weighted by Crippen LogP contribution is -2.08. The highest BCUT2D eigenvalue weighted by molar-refractivity contribution is 5.95. The molecule has 38 heavy (non-hydrogen) atoms. The molecule has 0 saturated heterocycles. The molecule has 0 aliphatic carbocycles. The van der Waals surface area contributed by atoms with Crippen LogP contribution in [0, 0.1) is 13.8 Å². The van der Waals surface area contributed by atoms with Crippen molar-refractivity contribution in [2.75, 3.05) is 19.0 Å². The van der Waals surface area contributed by atoms with E-state index in [0.29, 0.717) is 29.1 Å². The number of fused-ring (bicyclic) bond motifs is 1. The molecule has 7 heteroatoms. The van der Waals surface area contributed by atoms with E-state index in [1.165, 1.54) is 6.07 Å². The largest absolute Gasteiger partial charge is 0.457 e. The van der Waals surface area contributed by atoms with Gasteiger partial charge < -0.3 is 9.64 Å². The number of halogens is 3. The molecular weight excluding hydrogens is 487 g/mol. The number of hydrogen-bond donors (Lipinski definition) is 0. The Kier molecular flexibility index (Phi) is 6.61. The summed E-state index contributed by atoms with van der Waals surface area (Å²) < 4.78 is 49.3. The van der Waals surface area contributed by atoms with E-state index in [9.17, 15) is 13.2 Å². The Labute approximate surface area is 219 Å². The molecule has 0 radical (unpaired) electrons. The van der Waals surface area contributed by atoms with Crippen LogP contribution in [0.2, 0.25) is 0 Å². The van der Waals surface area contributed by atoms with Crippen molar-refractivity contribution in [3.05, 3.63) is 107 Å². The molecule has 4 nitrogen and oxygen atoms in total. The first kappa shape index (κ1) is 25.4. The number of anilines is 1. The van der Waals surface area contributed by atoms with Gasteiger partial charge >= 0.3 is 6.18 Å². The van der Waals surface area contributed by atoms with Gasteiger partial charge in [0, 0.05) is 36.8 Å². The van der Waals surface area contributed by atoms with E-state index in [1.54, 1.807) is 10.7 Å². The van der Waals surface area contributed by atoms with E-state index in [2.05, 4.69) is 11.2 Å². The van der Waals surface area contributed by atoms with Crippen molar-refractivity contribution >= 4 is 16.6 Å². The lowest BCUT2D eigenvalue weighted by Gasteiger charge is -2.14. The summed E-state index contributed by atoms with van der Waals surface area (Å²) in [7, 11) is 3.92. The van der Waals surface area contributed by atoms with Gasteiger partial charge in [0.1, 0.15) is 17.0 Å². The lowest BCUT2D eigenvalue weighted by atomic mass is 10.0. The Bertz CT molecular complexity index is 1600. The van der Waals surface area contributed by atoms with Crippen molar-refractivity contribution in [1.82, 2.24) is 9.78 Å². The van der Waals surface area contributed by atoms with Gasteiger partial charge in [0.05, 0.1) is 17.8 Å². The molecular formula is C31H28F3N3O. The minimum Gasteiger partial charge on any atom is -0.457 e. The van der Waals surface area contributed by atoms with Gasteiger partial charge in [-0.3, -0.25) is 4.68 Å². The molecule has 0 spiro atoms. The van der Waals surface area contributed by atoms with E-state index in [0.717, 1.165) is 34.0 Å². The summed E-state index contributed by atoms with van der Waals surface area (Å²) in [6, 6.07) is 25.4. The topological polar surface area (TPSA) is 30.3 Å². The van der Waals surface area contributed by atoms with Gasteiger partial charge in [0.15, 0.2) is 0 Å². The van der Waals surface area contributed by atoms with Crippen LogP contribution in [0.5, 0.6) is 11.5 Å². The molecule has 5 rings (SSSR count). The molecule has 0 saturated carbocycles. The van der Waals surface area contributed by atoms with E-state index in [4.69, 9.17) is 4.74 Å². The normalized spacial score (nSPS) is 11.7. The first-order valence-corrected chi connectivity index (χ1v) is 12.3. The predicted molar refractivity (Wildman–Crippen MR) is 146 cm³/mol. The average molecular weight is 516 g/mol. The monoisotopic (exact) mass is 515 g/mol. The number of hydrogen-bond acceptors (Lipinski definition) is 3. The fourth-order valence-corrected chi connectivity index (χ4v) is 4.63. The summed E-state index contributed by atoms with van der Waals surface area (Å²) in [4.78, 5) is 1.99. The molecule has 0 aliphatic rings. The Morgan fingerprint density at radius 1 is 0.842 bits per heavy atom. The third kappa shape index (κ3) is 5.09. The minimum atomic E-state index is -4.51. The van der Waals surface area contributed by atoms with Gasteiger partial charge in [0.2, 0.25) is 0 Å². The molecule has 0 amide bonds. The van der Waals surface area contributed by atoms with Gasteiger partial charge in [-0.2, -0.15) is 18.3 Å². The zero-order valence-corrected chi connectivity index (χ0v) is 21.7. The van der Waals surface area contributed by atoms with Crippen molar-refractivity contribution in [2.45, 2.75) is 26.6 Å². The van der Waals surface area contributed by atoms with Crippen LogP contribution in [0.3, 0.4) is 0 Å². The highest BCUT2D eigenvalue weighted by atomic mass is 19.4. The molecule has 5 aromatic rings. The number of aryl methyl sites for hydroxylation is 2. The molecule has 0 atom stereocenters. The maximum atomic E-state index is 13.9. The Morgan fingerprint density at radius 3 is 2.26 bits per heavy atom. The summed E-state index contributed by atoms with van der Waals surface area (Å²) >= 11 is 0. The number of ether oxygens (including phenoxy) is 1. The Morgan fingerprint density at radius 2 is 1.58 bits per heavy atom. The summed E-state index contributed by atoms with van der Waals surface area (Å²) in [6.07, 6.45) is -4.51. The fourth-order valence-electron chi connectivity index (χ4n) is 4.63. The van der Waals surface area contributed by atoms with Gasteiger partial charge in [-0.1, -0.05) is 42.0 Å². The van der Waals surface area contributed by atoms with Crippen LogP contribution in [0.1, 0.15) is 22.3 Å². The van der Waals surface area contributed by atoms with Crippen LogP contribution in [0.15, 0.2) is 84.9 Å². The summed E-state index contributed by atoms with van der Waals surface area (Å²) in [5.74, 6) is 1.33. The standard InChI is InChI=1S/C31H28F3N3O/c1-20-11-12-23(21(2)17-20)19-37-30(27-9-6-10-28(29(27)35-37)31(32,33)34)22-13-15-25(16-14-22)38-26-8-5-7-24(18-26)36(3)4/h5-18H,19H2,1-4H3. The molecule has 4 aromatic carbocycles. The smallest absolute Gasteiger partial charge is 0.418 e. The fraction of sp³-hybridized carbons (Fsp3) is 0.194. The number of aromatic nitrogens is 2. The molecule has 0 fully saturated rings. The van der Waals surface area contributed by atoms with Gasteiger partial charge in [-0.25, -0.2) is 0 Å². The average Bonchev–Trinajstić information content (AvgIpc) is 3.23. The first-order valence-electron chi connectivity index (χ1n) is 12.3. The summed E-state index contributed by atoms with van der Waals surface area (Å²) in [6.45, 7) is 4.37. The summed E-state index contributed by atoms with van der Waals surface area (Å²) in [5, 5.41) is 4.95. The van der Waals surface area contributed by atoms with Crippen LogP contribution in [0.25, 0.3) is 22.2 Å². The van der Waals surface area contributed by atoms with E-state index in [-0.39, 0.29) is 5.52 Å². The molecule has 0 N–H and O–H groups in total. The van der Waals surface area contributed by atoms with E-state index in [1.807, 2.05) is 93.5 Å². The molecule has 194 valence electrons. The third-order valence-electron chi connectivity index (χ3n) is 6.59. The van der Waals surface area contributed by atoms with Crippen molar-refractivity contribution in [1.29, 1.82) is 0 Å². The zero-order valence-electron chi connectivity index (χ0n) is 21.7. The van der Waals surface area contributed by atoms with Gasteiger partial charge in [-0.15, -0.1) is 0 Å². The second-order valence-electron chi connectivity index (χ2n) is 9.65. The van der Waals surface area contributed by atoms with Gasteiger partial charge in [0.25, 0.3) is 0 Å². The highest BCUT2D eigenvalue weighted by Gasteiger charge is 2.34. The van der Waals surface area contributed by atoms with E-state index < -0.39 is 11.7 Å². The molecule has 1 heterocycles. The third-order valence-corrected chi connectivity index (χ3v) is 6.59. The molecule has 0 unspecified atom stereocenters. The quantitative estimate of drug-likeness (QED) is 0.228. The SMILES string of the molecule is Cc1ccc(Cn2nc3c(C(F)(F)F)cccc3c2-c2ccc(Oc3cccc(N(C)C)c3)cc2)c(C)c1. The predicted octanol–water partition coefficient (Wildman–Crippen LogP) is 8.25. The van der Waals surface area contributed by atoms with Crippen molar-refractivity contribution < 1.29 is 17.9 Å². The van der Waals surface area contributed by atoms with Crippen LogP contribution < -0.4 is 9.64 Å². The van der Waals surface area contributed by atoms with Crippen molar-refractivity contribution in [3.8, 4) is 22.8 Å². The van der Waals surface area contributed by atoms with Crippen LogP contribution in [0.4, 0.5) is 18.9 Å². The number of alkyl halides is 3. The second-order valence-corrected chi connectivity index (χ2v) is 9.65. The number of nitrogens with zero attached hydrogens (tertiary/aromatic N) is 3. The molecule has 1 aromatic heterocycles. The lowest BCUT2D eigenvalue weighted by molar-refractivity contribution is -0.136. The Balaban J connectivity index is 1.57. The number of benzene rings is 4. The molecule has 0 aliphatic heterocycles. The maximum Gasteiger partial charge on any atom is 0.418 e. The molecule has 0 bridgehead atoms. The van der Waals surface area contributed by atoms with Crippen molar-refractivity contribution in [2.24, 2.45) is 0 Å². The van der Waals surface area contributed by atoms with Crippen LogP contribution >= 0.6 is 0 Å². The Hall–Kier alpha value is -4.26. The first-order chi connectivity index (χ1) is 18.1. The van der Waals surface area contributed by atoms with Gasteiger partial charge in [-0.05, 0) is 67.4 Å². The highest BCUT2D eigenvalue weighted by Crippen LogP contribution is 2.39. The maximum absolute atomic E-state index is 13.9. The summed E-state index contributed by atoms with van der Waals surface area (Å²) in [5.41, 5.74) is 4.80. The van der Waals surface area contributed by atoms with Crippen LogP contribution in [-0.4, -0.2) is 23.9 Å².